The van der Waals surface area contributed by atoms with Gasteiger partial charge in [-0.3, -0.25) is 9.89 Å². The van der Waals surface area contributed by atoms with E-state index >= 15 is 0 Å². The first-order chi connectivity index (χ1) is 15.2. The van der Waals surface area contributed by atoms with Gasteiger partial charge in [0.05, 0.1) is 29.8 Å². The molecule has 3 rings (SSSR count). The third kappa shape index (κ3) is 6.04. The maximum Gasteiger partial charge on any atom is 0.276 e. The average molecular weight is 429 g/mol. The van der Waals surface area contributed by atoms with Crippen molar-refractivity contribution in [1.29, 1.82) is 0 Å². The maximum absolute atomic E-state index is 12.8. The number of amides is 1. The summed E-state index contributed by atoms with van der Waals surface area (Å²) in [5.41, 5.74) is 3.33. The van der Waals surface area contributed by atoms with Crippen LogP contribution in [0.15, 0.2) is 23.5 Å². The maximum atomic E-state index is 12.8. The average Bonchev–Trinajstić information content (AvgIpc) is 3.24. The fraction of sp³-hybridized carbons (Fsp3) is 0.545. The number of rotatable bonds is 11. The Hall–Kier alpha value is -2.94. The van der Waals surface area contributed by atoms with E-state index in [2.05, 4.69) is 44.4 Å². The number of aromatic amines is 1. The number of fused-ring (bicyclic) bond motifs is 1. The molecule has 0 saturated heterocycles. The smallest absolute Gasteiger partial charge is 0.276 e. The summed E-state index contributed by atoms with van der Waals surface area (Å²) in [6, 6.07) is 3.54. The molecule has 0 atom stereocenters. The lowest BCUT2D eigenvalue weighted by Gasteiger charge is -2.17. The van der Waals surface area contributed by atoms with Crippen molar-refractivity contribution in [3.05, 3.63) is 35.3 Å². The molecule has 0 aliphatic heterocycles. The van der Waals surface area contributed by atoms with Crippen molar-refractivity contribution in [2.45, 2.75) is 46.5 Å². The lowest BCUT2D eigenvalue weighted by atomic mass is 9.93. The number of carbonyl (C=O) groups excluding carboxylic acids is 1. The lowest BCUT2D eigenvalue weighted by Crippen LogP contribution is -2.25. The van der Waals surface area contributed by atoms with E-state index < -0.39 is 0 Å². The van der Waals surface area contributed by atoms with E-state index in [1.54, 1.807) is 18.3 Å². The molecule has 0 fully saturated rings. The van der Waals surface area contributed by atoms with Crippen LogP contribution >= 0.6 is 0 Å². The predicted molar refractivity (Wildman–Crippen MR) is 120 cm³/mol. The van der Waals surface area contributed by atoms with Crippen molar-refractivity contribution in [1.82, 2.24) is 20.1 Å². The zero-order valence-corrected chi connectivity index (χ0v) is 18.6. The number of hydrogen-bond acceptors (Lipinski definition) is 7. The Kier molecular flexibility index (Phi) is 8.40. The number of ether oxygens (including phenoxy) is 1. The number of pyridine rings is 1. The first-order valence-corrected chi connectivity index (χ1v) is 11.0. The Balaban J connectivity index is 1.58. The quantitative estimate of drug-likeness (QED) is 0.421. The highest BCUT2D eigenvalue weighted by Gasteiger charge is 2.27. The van der Waals surface area contributed by atoms with Gasteiger partial charge in [0.1, 0.15) is 6.61 Å². The summed E-state index contributed by atoms with van der Waals surface area (Å²) in [5, 5.41) is 14.2. The zero-order chi connectivity index (χ0) is 22.1. The second kappa shape index (κ2) is 11.5. The van der Waals surface area contributed by atoms with Crippen LogP contribution in [0.25, 0.3) is 0 Å². The van der Waals surface area contributed by atoms with Gasteiger partial charge in [-0.1, -0.05) is 19.0 Å². The fourth-order valence-corrected chi connectivity index (χ4v) is 3.56. The Morgan fingerprint density at radius 3 is 2.81 bits per heavy atom. The molecule has 168 valence electrons. The van der Waals surface area contributed by atoms with E-state index in [1.807, 2.05) is 6.92 Å². The first kappa shape index (κ1) is 22.7. The molecule has 1 aliphatic rings. The standard InChI is InChI=1S/C22H32N6O3/c1-4-28(5-2)13-8-14-30-19-12-11-16(15-23-19)24-22(29)21-20-17(25-26-21)9-7-10-18(20)27-31-6-3/h11-12,15H,4-10,13-14H2,1-3H3,(H,24,29)(H,25,26)/b27-18+. The zero-order valence-electron chi connectivity index (χ0n) is 18.6. The van der Waals surface area contributed by atoms with Crippen LogP contribution in [0.4, 0.5) is 5.69 Å². The number of aryl methyl sites for hydroxylation is 1. The highest BCUT2D eigenvalue weighted by Crippen LogP contribution is 2.24. The second-order valence-electron chi connectivity index (χ2n) is 7.30. The molecule has 0 spiro atoms. The van der Waals surface area contributed by atoms with E-state index in [-0.39, 0.29) is 5.91 Å². The molecular formula is C22H32N6O3. The van der Waals surface area contributed by atoms with Crippen molar-refractivity contribution in [3.63, 3.8) is 0 Å². The van der Waals surface area contributed by atoms with Gasteiger partial charge < -0.3 is 19.8 Å². The van der Waals surface area contributed by atoms with Gasteiger partial charge >= 0.3 is 0 Å². The van der Waals surface area contributed by atoms with E-state index in [1.165, 1.54) is 0 Å². The topological polar surface area (TPSA) is 105 Å². The molecule has 2 heterocycles. The van der Waals surface area contributed by atoms with Crippen LogP contribution in [0, 0.1) is 0 Å². The van der Waals surface area contributed by atoms with E-state index in [4.69, 9.17) is 9.57 Å². The molecule has 1 aliphatic carbocycles. The minimum atomic E-state index is -0.307. The summed E-state index contributed by atoms with van der Waals surface area (Å²) in [6.45, 7) is 10.4. The molecule has 0 radical (unpaired) electrons. The molecule has 9 heteroatoms. The van der Waals surface area contributed by atoms with Crippen LogP contribution in [0.2, 0.25) is 0 Å². The molecule has 2 N–H and O–H groups in total. The van der Waals surface area contributed by atoms with Gasteiger partial charge in [0.15, 0.2) is 5.69 Å². The summed E-state index contributed by atoms with van der Waals surface area (Å²) in [7, 11) is 0. The normalized spacial score (nSPS) is 14.5. The van der Waals surface area contributed by atoms with Crippen LogP contribution in [-0.4, -0.2) is 64.5 Å². The molecule has 0 aromatic carbocycles. The lowest BCUT2D eigenvalue weighted by molar-refractivity contribution is 0.102. The SMILES string of the molecule is CCO/N=C1\CCCc2[nH]nc(C(=O)Nc3ccc(OCCCN(CC)CC)nc3)c21. The van der Waals surface area contributed by atoms with Gasteiger partial charge in [0, 0.05) is 18.3 Å². The monoisotopic (exact) mass is 428 g/mol. The van der Waals surface area contributed by atoms with Gasteiger partial charge in [-0.15, -0.1) is 0 Å². The largest absolute Gasteiger partial charge is 0.478 e. The van der Waals surface area contributed by atoms with Gasteiger partial charge in [-0.2, -0.15) is 5.10 Å². The third-order valence-corrected chi connectivity index (χ3v) is 5.25. The minimum absolute atomic E-state index is 0.307. The highest BCUT2D eigenvalue weighted by atomic mass is 16.6. The summed E-state index contributed by atoms with van der Waals surface area (Å²) in [6.07, 6.45) is 5.07. The molecule has 31 heavy (non-hydrogen) atoms. The third-order valence-electron chi connectivity index (χ3n) is 5.25. The van der Waals surface area contributed by atoms with Crippen LogP contribution in [0.5, 0.6) is 5.88 Å². The summed E-state index contributed by atoms with van der Waals surface area (Å²) in [5.74, 6) is 0.235. The number of aromatic nitrogens is 3. The minimum Gasteiger partial charge on any atom is -0.478 e. The molecule has 1 amide bonds. The number of hydrogen-bond donors (Lipinski definition) is 2. The number of H-pyrrole nitrogens is 1. The van der Waals surface area contributed by atoms with Crippen molar-refractivity contribution in [3.8, 4) is 5.88 Å². The number of anilines is 1. The number of nitrogens with one attached hydrogen (secondary N) is 2. The number of nitrogens with zero attached hydrogens (tertiary/aromatic N) is 4. The van der Waals surface area contributed by atoms with Crippen molar-refractivity contribution in [2.75, 3.05) is 38.2 Å². The summed E-state index contributed by atoms with van der Waals surface area (Å²) >= 11 is 0. The molecule has 0 bridgehead atoms. The Bertz CT molecular complexity index is 874. The molecule has 2 aromatic rings. The first-order valence-electron chi connectivity index (χ1n) is 11.0. The van der Waals surface area contributed by atoms with E-state index in [0.717, 1.165) is 62.3 Å². The van der Waals surface area contributed by atoms with Crippen LogP contribution in [0.3, 0.4) is 0 Å². The number of oxime groups is 1. The van der Waals surface area contributed by atoms with E-state index in [9.17, 15) is 4.79 Å². The van der Waals surface area contributed by atoms with Gasteiger partial charge in [0.25, 0.3) is 5.91 Å². The predicted octanol–water partition coefficient (Wildman–Crippen LogP) is 3.24. The molecule has 9 nitrogen and oxygen atoms in total. The Morgan fingerprint density at radius 2 is 2.10 bits per heavy atom. The molecular weight excluding hydrogens is 396 g/mol. The van der Waals surface area contributed by atoms with E-state index in [0.29, 0.717) is 30.5 Å². The summed E-state index contributed by atoms with van der Waals surface area (Å²) in [4.78, 5) is 24.7. The molecule has 0 unspecified atom stereocenters. The second-order valence-corrected chi connectivity index (χ2v) is 7.30. The highest BCUT2D eigenvalue weighted by molar-refractivity contribution is 6.13. The molecule has 2 aromatic heterocycles. The van der Waals surface area contributed by atoms with Crippen molar-refractivity contribution < 1.29 is 14.4 Å². The Morgan fingerprint density at radius 1 is 1.26 bits per heavy atom. The Labute approximate surface area is 183 Å². The van der Waals surface area contributed by atoms with Crippen LogP contribution < -0.4 is 10.1 Å². The van der Waals surface area contributed by atoms with Gasteiger partial charge in [-0.05, 0) is 51.8 Å². The summed E-state index contributed by atoms with van der Waals surface area (Å²) < 4.78 is 5.71. The molecule has 0 saturated carbocycles. The van der Waals surface area contributed by atoms with Crippen LogP contribution in [-0.2, 0) is 11.3 Å². The fourth-order valence-electron chi connectivity index (χ4n) is 3.56. The number of carbonyl (C=O) groups is 1. The van der Waals surface area contributed by atoms with Crippen LogP contribution in [0.1, 0.15) is 61.8 Å². The van der Waals surface area contributed by atoms with Crippen molar-refractivity contribution in [2.24, 2.45) is 5.16 Å². The van der Waals surface area contributed by atoms with Gasteiger partial charge in [-0.25, -0.2) is 4.98 Å². The van der Waals surface area contributed by atoms with Gasteiger partial charge in [0.2, 0.25) is 5.88 Å². The van der Waals surface area contributed by atoms with Crippen molar-refractivity contribution >= 4 is 17.3 Å².